The van der Waals surface area contributed by atoms with E-state index in [1.54, 1.807) is 19.3 Å². The van der Waals surface area contributed by atoms with E-state index in [9.17, 15) is 14.4 Å². The van der Waals surface area contributed by atoms with E-state index in [1.807, 2.05) is 36.4 Å². The van der Waals surface area contributed by atoms with Crippen molar-refractivity contribution >= 4 is 34.8 Å². The molecule has 2 amide bonds. The molecule has 1 fully saturated rings. The number of likely N-dealkylation sites (tertiary alicyclic amines) is 1. The molecule has 2 aromatic rings. The number of hydrogen-bond donors (Lipinski definition) is 1. The highest BCUT2D eigenvalue weighted by Crippen LogP contribution is 2.41. The summed E-state index contributed by atoms with van der Waals surface area (Å²) in [5.41, 5.74) is 0.809. The summed E-state index contributed by atoms with van der Waals surface area (Å²) in [5.74, 6) is -0.985. The predicted octanol–water partition coefficient (Wildman–Crippen LogP) is 3.79. The van der Waals surface area contributed by atoms with Crippen LogP contribution in [0, 0.1) is 0 Å². The van der Waals surface area contributed by atoms with Gasteiger partial charge in [-0.05, 0) is 46.9 Å². The molecule has 0 aliphatic carbocycles. The van der Waals surface area contributed by atoms with Crippen LogP contribution in [-0.4, -0.2) is 62.8 Å². The molecule has 1 aliphatic heterocycles. The van der Waals surface area contributed by atoms with E-state index in [4.69, 9.17) is 14.2 Å². The number of unbranched alkanes of at least 4 members (excludes halogenated alkanes) is 1. The van der Waals surface area contributed by atoms with E-state index in [1.165, 1.54) is 12.0 Å². The van der Waals surface area contributed by atoms with E-state index >= 15 is 0 Å². The average molecular weight is 481 g/mol. The fraction of sp³-hybridized carbons (Fsp3) is 0.370. The third-order valence-corrected chi connectivity index (χ3v) is 6.32. The van der Waals surface area contributed by atoms with Crippen LogP contribution in [0.4, 0.5) is 4.79 Å². The SMILES string of the molecule is C=CCCCOC(=O)NCC(=O)N1C[C@](OC)(c2cc(C=C)c3ccccc3c2)C[C@H]1C(=O)OC. The zero-order valence-electron chi connectivity index (χ0n) is 20.2. The maximum Gasteiger partial charge on any atom is 0.407 e. The molecule has 2 atom stereocenters. The monoisotopic (exact) mass is 480 g/mol. The first-order valence-corrected chi connectivity index (χ1v) is 11.5. The van der Waals surface area contributed by atoms with Gasteiger partial charge in [0.2, 0.25) is 5.91 Å². The van der Waals surface area contributed by atoms with Gasteiger partial charge >= 0.3 is 12.1 Å². The summed E-state index contributed by atoms with van der Waals surface area (Å²) in [6.45, 7) is 7.57. The number of ether oxygens (including phenoxy) is 3. The van der Waals surface area contributed by atoms with E-state index in [2.05, 4.69) is 18.5 Å². The van der Waals surface area contributed by atoms with E-state index < -0.39 is 29.6 Å². The summed E-state index contributed by atoms with van der Waals surface area (Å²) in [6, 6.07) is 11.0. The first-order valence-electron chi connectivity index (χ1n) is 11.5. The zero-order valence-corrected chi connectivity index (χ0v) is 20.2. The van der Waals surface area contributed by atoms with Gasteiger partial charge in [0.05, 0.1) is 20.3 Å². The van der Waals surface area contributed by atoms with Crippen LogP contribution in [0.3, 0.4) is 0 Å². The lowest BCUT2D eigenvalue weighted by Gasteiger charge is -2.29. The number of nitrogens with zero attached hydrogens (tertiary/aromatic N) is 1. The smallest absolute Gasteiger partial charge is 0.407 e. The molecule has 0 radical (unpaired) electrons. The fourth-order valence-corrected chi connectivity index (χ4v) is 4.42. The number of nitrogens with one attached hydrogen (secondary N) is 1. The quantitative estimate of drug-likeness (QED) is 0.316. The van der Waals surface area contributed by atoms with Crippen LogP contribution in [0.2, 0.25) is 0 Å². The van der Waals surface area contributed by atoms with Crippen molar-refractivity contribution in [2.45, 2.75) is 30.9 Å². The number of alkyl carbamates (subject to hydrolysis) is 1. The molecule has 0 unspecified atom stereocenters. The molecule has 1 heterocycles. The van der Waals surface area contributed by atoms with E-state index in [0.717, 1.165) is 28.3 Å². The minimum Gasteiger partial charge on any atom is -0.467 e. The van der Waals surface area contributed by atoms with Crippen molar-refractivity contribution in [2.75, 3.05) is 33.9 Å². The van der Waals surface area contributed by atoms with Gasteiger partial charge in [-0.2, -0.15) is 0 Å². The Morgan fingerprint density at radius 3 is 2.66 bits per heavy atom. The van der Waals surface area contributed by atoms with Crippen molar-refractivity contribution in [2.24, 2.45) is 0 Å². The van der Waals surface area contributed by atoms with E-state index in [-0.39, 0.29) is 26.1 Å². The second-order valence-electron chi connectivity index (χ2n) is 8.37. The predicted molar refractivity (Wildman–Crippen MR) is 134 cm³/mol. The number of hydrogen-bond acceptors (Lipinski definition) is 6. The summed E-state index contributed by atoms with van der Waals surface area (Å²) in [5, 5.41) is 4.50. The Bertz CT molecular complexity index is 1110. The van der Waals surface area contributed by atoms with Gasteiger partial charge in [0.1, 0.15) is 18.2 Å². The van der Waals surface area contributed by atoms with Crippen molar-refractivity contribution in [3.63, 3.8) is 0 Å². The molecule has 2 aromatic carbocycles. The van der Waals surface area contributed by atoms with Gasteiger partial charge in [-0.3, -0.25) is 4.79 Å². The van der Waals surface area contributed by atoms with Crippen LogP contribution in [0.15, 0.2) is 55.6 Å². The third-order valence-electron chi connectivity index (χ3n) is 6.32. The molecule has 0 aromatic heterocycles. The lowest BCUT2D eigenvalue weighted by molar-refractivity contribution is -0.150. The minimum atomic E-state index is -0.943. The van der Waals surface area contributed by atoms with Gasteiger partial charge in [0.15, 0.2) is 0 Å². The number of carbonyl (C=O) groups is 3. The van der Waals surface area contributed by atoms with E-state index in [0.29, 0.717) is 6.42 Å². The highest BCUT2D eigenvalue weighted by atomic mass is 16.5. The normalized spacial score (nSPS) is 19.3. The Morgan fingerprint density at radius 1 is 1.20 bits per heavy atom. The van der Waals surface area contributed by atoms with Crippen molar-refractivity contribution in [3.05, 3.63) is 66.8 Å². The molecule has 8 nitrogen and oxygen atoms in total. The highest BCUT2D eigenvalue weighted by molar-refractivity contribution is 5.92. The Morgan fingerprint density at radius 2 is 1.97 bits per heavy atom. The lowest BCUT2D eigenvalue weighted by Crippen LogP contribution is -2.46. The fourth-order valence-electron chi connectivity index (χ4n) is 4.42. The molecule has 186 valence electrons. The standard InChI is InChI=1S/C27H32N2O6/c1-5-7-10-13-35-26(32)28-17-24(30)29-18-27(34-4,16-23(29)25(31)33-3)21-14-19(6-2)22-12-9-8-11-20(22)15-21/h5-6,8-9,11-12,14-15,23H,1-2,7,10,13,16-18H2,3-4H3,(H,28,32)/t23-,27-/m0/s1. The molecule has 1 saturated heterocycles. The topological polar surface area (TPSA) is 94.2 Å². The van der Waals surface area contributed by atoms with Crippen molar-refractivity contribution < 1.29 is 28.6 Å². The second kappa shape index (κ2) is 11.7. The Labute approximate surface area is 205 Å². The maximum absolute atomic E-state index is 13.1. The van der Waals surface area contributed by atoms with Crippen molar-refractivity contribution in [3.8, 4) is 0 Å². The second-order valence-corrected chi connectivity index (χ2v) is 8.37. The minimum absolute atomic E-state index is 0.118. The number of allylic oxidation sites excluding steroid dienone is 1. The van der Waals surface area contributed by atoms with Crippen LogP contribution < -0.4 is 5.32 Å². The van der Waals surface area contributed by atoms with Gasteiger partial charge in [-0.1, -0.05) is 43.0 Å². The summed E-state index contributed by atoms with van der Waals surface area (Å²) < 4.78 is 16.0. The highest BCUT2D eigenvalue weighted by Gasteiger charge is 2.50. The number of esters is 1. The number of carbonyl (C=O) groups excluding carboxylic acids is 3. The number of amides is 2. The van der Waals surface area contributed by atoms with Gasteiger partial charge in [-0.25, -0.2) is 9.59 Å². The average Bonchev–Trinajstić information content (AvgIpc) is 3.30. The number of fused-ring (bicyclic) bond motifs is 1. The van der Waals surface area contributed by atoms with Crippen LogP contribution in [0.1, 0.15) is 30.4 Å². The van der Waals surface area contributed by atoms with Crippen molar-refractivity contribution in [1.82, 2.24) is 10.2 Å². The lowest BCUT2D eigenvalue weighted by atomic mass is 9.87. The molecule has 0 bridgehead atoms. The summed E-state index contributed by atoms with van der Waals surface area (Å²) in [6.07, 6.45) is 4.40. The number of rotatable bonds is 10. The Hall–Kier alpha value is -3.65. The largest absolute Gasteiger partial charge is 0.467 e. The molecule has 1 N–H and O–H groups in total. The number of benzene rings is 2. The van der Waals surface area contributed by atoms with Crippen LogP contribution in [0.5, 0.6) is 0 Å². The molecule has 0 spiro atoms. The van der Waals surface area contributed by atoms with Crippen LogP contribution in [-0.2, 0) is 29.4 Å². The number of methoxy groups -OCH3 is 2. The van der Waals surface area contributed by atoms with Gasteiger partial charge in [-0.15, -0.1) is 6.58 Å². The van der Waals surface area contributed by atoms with Gasteiger partial charge in [0, 0.05) is 13.5 Å². The zero-order chi connectivity index (χ0) is 25.4. The summed E-state index contributed by atoms with van der Waals surface area (Å²) in [7, 11) is 2.84. The first kappa shape index (κ1) is 26.0. The molecular weight excluding hydrogens is 448 g/mol. The first-order chi connectivity index (χ1) is 16.9. The van der Waals surface area contributed by atoms with Gasteiger partial charge in [0.25, 0.3) is 0 Å². The van der Waals surface area contributed by atoms with Crippen LogP contribution >= 0.6 is 0 Å². The molecule has 35 heavy (non-hydrogen) atoms. The molecule has 8 heteroatoms. The summed E-state index contributed by atoms with van der Waals surface area (Å²) in [4.78, 5) is 39.1. The molecule has 1 aliphatic rings. The van der Waals surface area contributed by atoms with Gasteiger partial charge < -0.3 is 24.4 Å². The van der Waals surface area contributed by atoms with Crippen molar-refractivity contribution in [1.29, 1.82) is 0 Å². The molecular formula is C27H32N2O6. The third kappa shape index (κ3) is 5.71. The molecule has 3 rings (SSSR count). The molecule has 0 saturated carbocycles. The maximum atomic E-state index is 13.1. The Kier molecular flexibility index (Phi) is 8.65. The Balaban J connectivity index is 1.84. The summed E-state index contributed by atoms with van der Waals surface area (Å²) >= 11 is 0. The van der Waals surface area contributed by atoms with Crippen LogP contribution in [0.25, 0.3) is 16.8 Å².